The van der Waals surface area contributed by atoms with Gasteiger partial charge in [-0.3, -0.25) is 0 Å². The average Bonchev–Trinajstić information content (AvgIpc) is 2.30. The lowest BCUT2D eigenvalue weighted by Crippen LogP contribution is -1.97. The highest BCUT2D eigenvalue weighted by atomic mass is 35.5. The molecule has 18 heavy (non-hydrogen) atoms. The molecule has 1 heterocycles. The number of rotatable bonds is 3. The van der Waals surface area contributed by atoms with Gasteiger partial charge in [0.15, 0.2) is 0 Å². The molecule has 4 nitrogen and oxygen atoms in total. The maximum absolute atomic E-state index is 6.09. The number of hydrogen-bond acceptors (Lipinski definition) is 4. The van der Waals surface area contributed by atoms with Crippen LogP contribution in [0.5, 0.6) is 5.75 Å². The third-order valence-electron chi connectivity index (χ3n) is 2.26. The summed E-state index contributed by atoms with van der Waals surface area (Å²) in [6, 6.07) is 7.10. The van der Waals surface area contributed by atoms with Crippen LogP contribution in [0.25, 0.3) is 0 Å². The molecular weight excluding hydrogens is 273 g/mol. The zero-order chi connectivity index (χ0) is 13.1. The first kappa shape index (κ1) is 12.9. The first-order chi connectivity index (χ1) is 8.58. The summed E-state index contributed by atoms with van der Waals surface area (Å²) in [5.74, 6) is 1.29. The number of benzene rings is 1. The lowest BCUT2D eigenvalue weighted by atomic mass is 10.3. The Kier molecular flexibility index (Phi) is 3.89. The number of anilines is 2. The second-order valence-electron chi connectivity index (χ2n) is 3.63. The number of aromatic nitrogens is 2. The maximum Gasteiger partial charge on any atom is 0.224 e. The molecule has 0 bridgehead atoms. The zero-order valence-electron chi connectivity index (χ0n) is 9.87. The predicted molar refractivity (Wildman–Crippen MR) is 73.1 cm³/mol. The number of aryl methyl sites for hydroxylation is 1. The van der Waals surface area contributed by atoms with Crippen LogP contribution in [0.4, 0.5) is 11.5 Å². The smallest absolute Gasteiger partial charge is 0.224 e. The van der Waals surface area contributed by atoms with Crippen molar-refractivity contribution in [1.29, 1.82) is 0 Å². The number of hydrogen-bond donors (Lipinski definition) is 1. The van der Waals surface area contributed by atoms with Gasteiger partial charge in [-0.25, -0.2) is 9.97 Å². The standard InChI is InChI=1S/C12H11Cl2N3O/c1-7-5-11(17-12(14)15-7)16-10-6-8(18-2)3-4-9(10)13/h3-6H,1-2H3,(H,15,16,17). The van der Waals surface area contributed by atoms with Gasteiger partial charge in [-0.1, -0.05) is 11.6 Å². The molecule has 1 aromatic heterocycles. The summed E-state index contributed by atoms with van der Waals surface area (Å²) in [6.45, 7) is 1.84. The van der Waals surface area contributed by atoms with Gasteiger partial charge in [-0.15, -0.1) is 0 Å². The van der Waals surface area contributed by atoms with Crippen molar-refractivity contribution in [2.24, 2.45) is 0 Å². The number of nitrogens with one attached hydrogen (secondary N) is 1. The first-order valence-corrected chi connectivity index (χ1v) is 5.96. The minimum Gasteiger partial charge on any atom is -0.497 e. The summed E-state index contributed by atoms with van der Waals surface area (Å²) in [4.78, 5) is 8.06. The molecule has 1 N–H and O–H groups in total. The molecule has 0 unspecified atom stereocenters. The molecular formula is C12H11Cl2N3O. The van der Waals surface area contributed by atoms with Crippen molar-refractivity contribution in [2.75, 3.05) is 12.4 Å². The molecule has 2 aromatic rings. The van der Waals surface area contributed by atoms with Gasteiger partial charge in [0, 0.05) is 17.8 Å². The summed E-state index contributed by atoms with van der Waals surface area (Å²) in [6.07, 6.45) is 0. The molecule has 0 atom stereocenters. The number of halogens is 2. The molecule has 0 amide bonds. The van der Waals surface area contributed by atoms with Crippen LogP contribution in [-0.2, 0) is 0 Å². The summed E-state index contributed by atoms with van der Waals surface area (Å²) >= 11 is 11.9. The SMILES string of the molecule is COc1ccc(Cl)c(Nc2cc(C)nc(Cl)n2)c1. The van der Waals surface area contributed by atoms with Gasteiger partial charge in [0.05, 0.1) is 17.8 Å². The second kappa shape index (κ2) is 5.42. The Bertz CT molecular complexity index is 555. The Hall–Kier alpha value is -1.52. The van der Waals surface area contributed by atoms with Crippen LogP contribution in [0.2, 0.25) is 10.3 Å². The number of methoxy groups -OCH3 is 1. The minimum absolute atomic E-state index is 0.191. The normalized spacial score (nSPS) is 10.2. The summed E-state index contributed by atoms with van der Waals surface area (Å²) in [7, 11) is 1.60. The van der Waals surface area contributed by atoms with Crippen molar-refractivity contribution in [2.45, 2.75) is 6.92 Å². The van der Waals surface area contributed by atoms with E-state index >= 15 is 0 Å². The Morgan fingerprint density at radius 2 is 1.94 bits per heavy atom. The third-order valence-corrected chi connectivity index (χ3v) is 2.76. The third kappa shape index (κ3) is 3.03. The summed E-state index contributed by atoms with van der Waals surface area (Å²) in [5, 5.41) is 3.84. The van der Waals surface area contributed by atoms with Crippen LogP contribution in [0.15, 0.2) is 24.3 Å². The molecule has 0 aliphatic carbocycles. The average molecular weight is 284 g/mol. The molecule has 0 saturated heterocycles. The van der Waals surface area contributed by atoms with E-state index in [0.29, 0.717) is 22.3 Å². The van der Waals surface area contributed by atoms with Crippen LogP contribution in [-0.4, -0.2) is 17.1 Å². The molecule has 6 heteroatoms. The molecule has 0 fully saturated rings. The fourth-order valence-corrected chi connectivity index (χ4v) is 1.85. The van der Waals surface area contributed by atoms with Gasteiger partial charge in [0.25, 0.3) is 0 Å². The molecule has 2 rings (SSSR count). The first-order valence-electron chi connectivity index (χ1n) is 5.20. The van der Waals surface area contributed by atoms with E-state index in [4.69, 9.17) is 27.9 Å². The van der Waals surface area contributed by atoms with Crippen molar-refractivity contribution < 1.29 is 4.74 Å². The molecule has 0 saturated carbocycles. The molecule has 0 aliphatic heterocycles. The van der Waals surface area contributed by atoms with E-state index in [1.54, 1.807) is 31.4 Å². The van der Waals surface area contributed by atoms with E-state index in [9.17, 15) is 0 Å². The van der Waals surface area contributed by atoms with E-state index in [-0.39, 0.29) is 5.28 Å². The van der Waals surface area contributed by atoms with Crippen molar-refractivity contribution in [3.05, 3.63) is 40.3 Å². The largest absolute Gasteiger partial charge is 0.497 e. The fraction of sp³-hybridized carbons (Fsp3) is 0.167. The molecule has 1 aromatic carbocycles. The van der Waals surface area contributed by atoms with E-state index in [0.717, 1.165) is 5.69 Å². The zero-order valence-corrected chi connectivity index (χ0v) is 11.4. The van der Waals surface area contributed by atoms with E-state index in [1.807, 2.05) is 6.92 Å². The van der Waals surface area contributed by atoms with Gasteiger partial charge in [-0.05, 0) is 30.7 Å². The maximum atomic E-state index is 6.09. The minimum atomic E-state index is 0.191. The highest BCUT2D eigenvalue weighted by molar-refractivity contribution is 6.33. The van der Waals surface area contributed by atoms with Gasteiger partial charge < -0.3 is 10.1 Å². The van der Waals surface area contributed by atoms with Crippen LogP contribution in [0, 0.1) is 6.92 Å². The van der Waals surface area contributed by atoms with Gasteiger partial charge in [0.2, 0.25) is 5.28 Å². The Morgan fingerprint density at radius 3 is 2.61 bits per heavy atom. The number of ether oxygens (including phenoxy) is 1. The summed E-state index contributed by atoms with van der Waals surface area (Å²) in [5.41, 5.74) is 1.47. The van der Waals surface area contributed by atoms with Crippen molar-refractivity contribution in [3.8, 4) is 5.75 Å². The Morgan fingerprint density at radius 1 is 1.17 bits per heavy atom. The van der Waals surface area contributed by atoms with E-state index in [1.165, 1.54) is 0 Å². The van der Waals surface area contributed by atoms with E-state index < -0.39 is 0 Å². The van der Waals surface area contributed by atoms with Gasteiger partial charge in [0.1, 0.15) is 11.6 Å². The van der Waals surface area contributed by atoms with Crippen LogP contribution in [0.1, 0.15) is 5.69 Å². The monoisotopic (exact) mass is 283 g/mol. The summed E-state index contributed by atoms with van der Waals surface area (Å²) < 4.78 is 5.14. The van der Waals surface area contributed by atoms with Gasteiger partial charge >= 0.3 is 0 Å². The fourth-order valence-electron chi connectivity index (χ4n) is 1.46. The quantitative estimate of drug-likeness (QED) is 0.870. The molecule has 0 aliphatic rings. The number of nitrogens with zero attached hydrogens (tertiary/aromatic N) is 2. The second-order valence-corrected chi connectivity index (χ2v) is 4.38. The highest BCUT2D eigenvalue weighted by Crippen LogP contribution is 2.29. The molecule has 94 valence electrons. The topological polar surface area (TPSA) is 47.0 Å². The molecule has 0 radical (unpaired) electrons. The van der Waals surface area contributed by atoms with E-state index in [2.05, 4.69) is 15.3 Å². The molecule has 0 spiro atoms. The van der Waals surface area contributed by atoms with Crippen molar-refractivity contribution in [3.63, 3.8) is 0 Å². The van der Waals surface area contributed by atoms with Crippen LogP contribution < -0.4 is 10.1 Å². The van der Waals surface area contributed by atoms with Crippen LogP contribution in [0.3, 0.4) is 0 Å². The Balaban J connectivity index is 2.33. The Labute approximate surface area is 115 Å². The van der Waals surface area contributed by atoms with Gasteiger partial charge in [-0.2, -0.15) is 0 Å². The predicted octanol–water partition coefficient (Wildman–Crippen LogP) is 3.84. The van der Waals surface area contributed by atoms with Crippen molar-refractivity contribution >= 4 is 34.7 Å². The highest BCUT2D eigenvalue weighted by Gasteiger charge is 2.05. The lowest BCUT2D eigenvalue weighted by Gasteiger charge is -2.10. The van der Waals surface area contributed by atoms with Crippen molar-refractivity contribution in [1.82, 2.24) is 9.97 Å². The van der Waals surface area contributed by atoms with Crippen LogP contribution >= 0.6 is 23.2 Å². The lowest BCUT2D eigenvalue weighted by molar-refractivity contribution is 0.415.